The molecule has 3 rings (SSSR count). The minimum atomic E-state index is 0.543. The molecule has 4 heteroatoms. The largest absolute Gasteiger partial charge is 0.618 e. The topological polar surface area (TPSA) is 52.1 Å². The molecule has 0 amide bonds. The highest BCUT2D eigenvalue weighted by molar-refractivity contribution is 5.76. The van der Waals surface area contributed by atoms with Gasteiger partial charge in [0.1, 0.15) is 6.26 Å². The maximum atomic E-state index is 12.1. The molecule has 4 nitrogen and oxygen atoms in total. The molecule has 0 N–H and O–H groups in total. The molecular weight excluding hydrogens is 264 g/mol. The molecule has 0 saturated carbocycles. The highest BCUT2D eigenvalue weighted by atomic mass is 16.5. The summed E-state index contributed by atoms with van der Waals surface area (Å²) in [4.78, 5) is 4.07. The van der Waals surface area contributed by atoms with Crippen LogP contribution in [0.3, 0.4) is 0 Å². The van der Waals surface area contributed by atoms with Crippen LogP contribution in [0.2, 0.25) is 0 Å². The van der Waals surface area contributed by atoms with Gasteiger partial charge in [0.15, 0.2) is 6.21 Å². The summed E-state index contributed by atoms with van der Waals surface area (Å²) in [5, 5.41) is 12.1. The van der Waals surface area contributed by atoms with E-state index in [0.717, 1.165) is 15.9 Å². The van der Waals surface area contributed by atoms with Crippen molar-refractivity contribution in [1.29, 1.82) is 0 Å². The lowest BCUT2D eigenvalue weighted by Gasteiger charge is -2.03. The maximum absolute atomic E-state index is 12.1. The Labute approximate surface area is 122 Å². The first-order valence-electron chi connectivity index (χ1n) is 6.60. The molecule has 3 aromatic rings. The van der Waals surface area contributed by atoms with Crippen LogP contribution in [0.25, 0.3) is 11.5 Å². The summed E-state index contributed by atoms with van der Waals surface area (Å²) in [6.07, 6.45) is 4.67. The zero-order valence-electron chi connectivity index (χ0n) is 11.6. The average Bonchev–Trinajstić information content (AvgIpc) is 3.04. The summed E-state index contributed by atoms with van der Waals surface area (Å²) >= 11 is 0. The molecular formula is C17H14N2O2. The Morgan fingerprint density at radius 1 is 1.05 bits per heavy atom. The molecule has 2 aromatic carbocycles. The Morgan fingerprint density at radius 2 is 1.76 bits per heavy atom. The van der Waals surface area contributed by atoms with Crippen molar-refractivity contribution in [1.82, 2.24) is 4.98 Å². The lowest BCUT2D eigenvalue weighted by atomic mass is 10.1. The lowest BCUT2D eigenvalue weighted by molar-refractivity contribution is -0.354. The van der Waals surface area contributed by atoms with Crippen LogP contribution < -0.4 is 0 Å². The van der Waals surface area contributed by atoms with Crippen LogP contribution >= 0.6 is 0 Å². The summed E-state index contributed by atoms with van der Waals surface area (Å²) in [5.74, 6) is 0.543. The van der Waals surface area contributed by atoms with E-state index in [-0.39, 0.29) is 0 Å². The van der Waals surface area contributed by atoms with Gasteiger partial charge in [-0.15, -0.1) is 0 Å². The maximum Gasteiger partial charge on any atom is 0.225 e. The van der Waals surface area contributed by atoms with Gasteiger partial charge in [-0.3, -0.25) is 0 Å². The van der Waals surface area contributed by atoms with E-state index in [1.165, 1.54) is 11.8 Å². The van der Waals surface area contributed by atoms with Crippen molar-refractivity contribution in [3.63, 3.8) is 0 Å². The fourth-order valence-corrected chi connectivity index (χ4v) is 1.98. The average molecular weight is 278 g/mol. The van der Waals surface area contributed by atoms with Crippen molar-refractivity contribution >= 4 is 11.9 Å². The Balaban J connectivity index is 1.84. The van der Waals surface area contributed by atoms with Crippen molar-refractivity contribution < 1.29 is 9.16 Å². The summed E-state index contributed by atoms with van der Waals surface area (Å²) in [5.41, 5.74) is 3.44. The summed E-state index contributed by atoms with van der Waals surface area (Å²) < 4.78 is 6.07. The summed E-state index contributed by atoms with van der Waals surface area (Å²) in [6.45, 7) is 2.01. The van der Waals surface area contributed by atoms with Gasteiger partial charge in [0, 0.05) is 23.3 Å². The zero-order chi connectivity index (χ0) is 14.7. The quantitative estimate of drug-likeness (QED) is 0.316. The molecule has 0 aliphatic rings. The van der Waals surface area contributed by atoms with Gasteiger partial charge in [0.2, 0.25) is 11.6 Å². The predicted octanol–water partition coefficient (Wildman–Crippen LogP) is 3.91. The molecule has 0 aliphatic carbocycles. The number of hydrogen-bond acceptors (Lipinski definition) is 3. The second-order valence-electron chi connectivity index (χ2n) is 4.75. The molecule has 1 aromatic heterocycles. The molecule has 0 fully saturated rings. The fraction of sp³-hybridized carbons (Fsp3) is 0.0588. The third-order valence-corrected chi connectivity index (χ3v) is 3.14. The first-order chi connectivity index (χ1) is 10.2. The molecule has 0 saturated heterocycles. The van der Waals surface area contributed by atoms with Crippen LogP contribution in [0, 0.1) is 12.1 Å². The third-order valence-electron chi connectivity index (χ3n) is 3.14. The van der Waals surface area contributed by atoms with E-state index in [0.29, 0.717) is 11.6 Å². The monoisotopic (exact) mass is 278 g/mol. The molecule has 1 heterocycles. The number of oxazole rings is 1. The van der Waals surface area contributed by atoms with Crippen molar-refractivity contribution in [3.8, 4) is 11.5 Å². The van der Waals surface area contributed by atoms with Gasteiger partial charge in [0.25, 0.3) is 0 Å². The Hall–Kier alpha value is -2.88. The third kappa shape index (κ3) is 3.00. The van der Waals surface area contributed by atoms with E-state index in [9.17, 15) is 5.21 Å². The van der Waals surface area contributed by atoms with Crippen molar-refractivity contribution in [3.05, 3.63) is 77.3 Å². The Morgan fingerprint density at radius 3 is 2.38 bits per heavy atom. The molecule has 0 bridgehead atoms. The highest BCUT2D eigenvalue weighted by Crippen LogP contribution is 2.20. The Bertz CT molecular complexity index is 742. The smallest absolute Gasteiger partial charge is 0.225 e. The number of benzene rings is 2. The van der Waals surface area contributed by atoms with Crippen LogP contribution in [-0.2, 0) is 0 Å². The van der Waals surface area contributed by atoms with Gasteiger partial charge < -0.3 is 9.62 Å². The molecule has 0 spiro atoms. The van der Waals surface area contributed by atoms with Gasteiger partial charge in [-0.05, 0) is 31.2 Å². The molecule has 104 valence electrons. The second kappa shape index (κ2) is 5.63. The SMILES string of the molecule is Cc1ccc(C=[N+]([O-])c2ccc(-c3ncco3)cc2)cc1. The van der Waals surface area contributed by atoms with Gasteiger partial charge in [-0.2, -0.15) is 4.74 Å². The number of aromatic nitrogens is 1. The molecule has 0 atom stereocenters. The number of nitrogens with zero attached hydrogens (tertiary/aromatic N) is 2. The number of aryl methyl sites for hydroxylation is 1. The van der Waals surface area contributed by atoms with Crippen molar-refractivity contribution in [2.45, 2.75) is 6.92 Å². The van der Waals surface area contributed by atoms with E-state index in [1.807, 2.05) is 43.3 Å². The lowest BCUT2D eigenvalue weighted by Crippen LogP contribution is -1.98. The molecule has 21 heavy (non-hydrogen) atoms. The van der Waals surface area contributed by atoms with Gasteiger partial charge in [-0.25, -0.2) is 4.98 Å². The van der Waals surface area contributed by atoms with Gasteiger partial charge in [-0.1, -0.05) is 17.7 Å². The minimum Gasteiger partial charge on any atom is -0.618 e. The molecule has 0 aliphatic heterocycles. The van der Waals surface area contributed by atoms with E-state index in [1.54, 1.807) is 24.5 Å². The molecule has 0 unspecified atom stereocenters. The second-order valence-corrected chi connectivity index (χ2v) is 4.75. The van der Waals surface area contributed by atoms with Gasteiger partial charge in [0.05, 0.1) is 6.20 Å². The van der Waals surface area contributed by atoms with E-state index >= 15 is 0 Å². The van der Waals surface area contributed by atoms with Crippen LogP contribution in [0.1, 0.15) is 11.1 Å². The minimum absolute atomic E-state index is 0.543. The standard InChI is InChI=1S/C17H14N2O2/c1-13-2-4-14(5-3-13)12-19(20)16-8-6-15(7-9-16)17-18-10-11-21-17/h2-12H,1H3. The first-order valence-corrected chi connectivity index (χ1v) is 6.60. The van der Waals surface area contributed by atoms with Crippen molar-refractivity contribution in [2.24, 2.45) is 0 Å². The fourth-order valence-electron chi connectivity index (χ4n) is 1.98. The number of hydrogen-bond donors (Lipinski definition) is 0. The van der Waals surface area contributed by atoms with Crippen LogP contribution in [0.4, 0.5) is 5.69 Å². The van der Waals surface area contributed by atoms with E-state index in [2.05, 4.69) is 4.98 Å². The van der Waals surface area contributed by atoms with Crippen LogP contribution in [0.5, 0.6) is 0 Å². The predicted molar refractivity (Wildman–Crippen MR) is 81.6 cm³/mol. The van der Waals surface area contributed by atoms with Crippen molar-refractivity contribution in [2.75, 3.05) is 0 Å². The van der Waals surface area contributed by atoms with E-state index in [4.69, 9.17) is 4.42 Å². The number of rotatable bonds is 3. The highest BCUT2D eigenvalue weighted by Gasteiger charge is 2.06. The first kappa shape index (κ1) is 13.1. The normalized spacial score (nSPS) is 11.6. The van der Waals surface area contributed by atoms with E-state index < -0.39 is 0 Å². The summed E-state index contributed by atoms with van der Waals surface area (Å²) in [7, 11) is 0. The van der Waals surface area contributed by atoms with Crippen LogP contribution in [-0.4, -0.2) is 15.9 Å². The van der Waals surface area contributed by atoms with Crippen LogP contribution in [0.15, 0.2) is 65.4 Å². The van der Waals surface area contributed by atoms with Gasteiger partial charge >= 0.3 is 0 Å². The summed E-state index contributed by atoms with van der Waals surface area (Å²) in [6, 6.07) is 14.9. The molecule has 0 radical (unpaired) electrons. The Kier molecular flexibility index (Phi) is 3.51. The zero-order valence-corrected chi connectivity index (χ0v) is 11.6.